The summed E-state index contributed by atoms with van der Waals surface area (Å²) in [5.41, 5.74) is 6.82. The molecule has 0 saturated carbocycles. The number of ketones is 1. The maximum Gasteiger partial charge on any atom is 0.162 e. The van der Waals surface area contributed by atoms with Gasteiger partial charge in [-0.25, -0.2) is 0 Å². The van der Waals surface area contributed by atoms with Crippen molar-refractivity contribution >= 4 is 28.4 Å². The Morgan fingerprint density at radius 3 is 2.50 bits per heavy atom. The van der Waals surface area contributed by atoms with Crippen LogP contribution in [0.3, 0.4) is 0 Å². The molecule has 3 N–H and O–H groups in total. The minimum absolute atomic E-state index is 0.00952. The maximum atomic E-state index is 11.8. The number of rotatable bonds is 5. The molecular formula is C12H16INO2. The van der Waals surface area contributed by atoms with Crippen molar-refractivity contribution < 1.29 is 9.90 Å². The molecule has 1 rings (SSSR count). The van der Waals surface area contributed by atoms with E-state index in [0.29, 0.717) is 6.42 Å². The zero-order valence-electron chi connectivity index (χ0n) is 9.19. The predicted octanol–water partition coefficient (Wildman–Crippen LogP) is 2.04. The van der Waals surface area contributed by atoms with Gasteiger partial charge >= 0.3 is 0 Å². The molecule has 1 aromatic carbocycles. The number of phenols is 1. The Balaban J connectivity index is 2.60. The summed E-state index contributed by atoms with van der Waals surface area (Å²) in [6, 6.07) is 6.33. The molecule has 88 valence electrons. The molecule has 4 heteroatoms. The average Bonchev–Trinajstić information content (AvgIpc) is 2.30. The fourth-order valence-electron chi connectivity index (χ4n) is 1.42. The van der Waals surface area contributed by atoms with Crippen LogP contribution in [-0.2, 0) is 11.2 Å². The molecule has 16 heavy (non-hydrogen) atoms. The number of Topliss-reactive ketones (excluding diaryl/α,β-unsaturated/α-hetero) is 1. The number of halogens is 1. The number of benzene rings is 1. The van der Waals surface area contributed by atoms with E-state index in [2.05, 4.69) is 22.6 Å². The molecule has 0 heterocycles. The number of carbonyl (C=O) groups excluding carboxylic acids is 1. The topological polar surface area (TPSA) is 63.3 Å². The van der Waals surface area contributed by atoms with Crippen LogP contribution in [0.4, 0.5) is 0 Å². The molecule has 0 aliphatic rings. The highest BCUT2D eigenvalue weighted by Crippen LogP contribution is 2.14. The smallest absolute Gasteiger partial charge is 0.162 e. The van der Waals surface area contributed by atoms with Crippen molar-refractivity contribution in [2.75, 3.05) is 0 Å². The second kappa shape index (κ2) is 6.20. The fourth-order valence-corrected chi connectivity index (χ4v) is 1.88. The number of hydrogen-bond acceptors (Lipinski definition) is 3. The van der Waals surface area contributed by atoms with E-state index in [1.165, 1.54) is 0 Å². The molecule has 0 saturated heterocycles. The highest BCUT2D eigenvalue weighted by molar-refractivity contribution is 14.1. The van der Waals surface area contributed by atoms with Gasteiger partial charge in [-0.15, -0.1) is 0 Å². The first-order valence-electron chi connectivity index (χ1n) is 5.26. The van der Waals surface area contributed by atoms with Crippen LogP contribution in [0, 0.1) is 0 Å². The molecule has 0 fully saturated rings. The van der Waals surface area contributed by atoms with Gasteiger partial charge in [0, 0.05) is 0 Å². The van der Waals surface area contributed by atoms with Gasteiger partial charge in [0.05, 0.1) is 9.97 Å². The van der Waals surface area contributed by atoms with E-state index in [1.54, 1.807) is 24.3 Å². The SMILES string of the molecule is CC[C@H](I)C(=O)[C@@H](N)Cc1ccc(O)cc1. The van der Waals surface area contributed by atoms with Crippen LogP contribution in [0.15, 0.2) is 24.3 Å². The monoisotopic (exact) mass is 333 g/mol. The minimum Gasteiger partial charge on any atom is -0.508 e. The van der Waals surface area contributed by atoms with Crippen molar-refractivity contribution in [3.63, 3.8) is 0 Å². The van der Waals surface area contributed by atoms with E-state index in [0.717, 1.165) is 12.0 Å². The molecule has 2 atom stereocenters. The Morgan fingerprint density at radius 2 is 2.00 bits per heavy atom. The number of aromatic hydroxyl groups is 1. The van der Waals surface area contributed by atoms with Gasteiger partial charge < -0.3 is 10.8 Å². The summed E-state index contributed by atoms with van der Waals surface area (Å²) in [6.07, 6.45) is 1.33. The van der Waals surface area contributed by atoms with Crippen molar-refractivity contribution in [3.05, 3.63) is 29.8 Å². The minimum atomic E-state index is -0.452. The van der Waals surface area contributed by atoms with Gasteiger partial charge in [0.25, 0.3) is 0 Å². The van der Waals surface area contributed by atoms with Crippen LogP contribution in [0.25, 0.3) is 0 Å². The highest BCUT2D eigenvalue weighted by Gasteiger charge is 2.20. The molecule has 0 spiro atoms. The van der Waals surface area contributed by atoms with Crippen LogP contribution < -0.4 is 5.73 Å². The van der Waals surface area contributed by atoms with Crippen molar-refractivity contribution in [3.8, 4) is 5.75 Å². The Hall–Kier alpha value is -0.620. The third-order valence-electron chi connectivity index (χ3n) is 2.42. The Morgan fingerprint density at radius 1 is 1.44 bits per heavy atom. The first kappa shape index (κ1) is 13.4. The zero-order chi connectivity index (χ0) is 12.1. The van der Waals surface area contributed by atoms with Gasteiger partial charge in [-0.2, -0.15) is 0 Å². The third kappa shape index (κ3) is 3.75. The largest absolute Gasteiger partial charge is 0.508 e. The second-order valence-electron chi connectivity index (χ2n) is 3.76. The van der Waals surface area contributed by atoms with Crippen LogP contribution in [0.1, 0.15) is 18.9 Å². The molecule has 3 nitrogen and oxygen atoms in total. The van der Waals surface area contributed by atoms with Gasteiger partial charge in [0.15, 0.2) is 5.78 Å². The quantitative estimate of drug-likeness (QED) is 0.640. The number of carbonyl (C=O) groups is 1. The van der Waals surface area contributed by atoms with E-state index in [9.17, 15) is 4.79 Å². The Bertz CT molecular complexity index is 351. The number of hydrogen-bond donors (Lipinski definition) is 2. The second-order valence-corrected chi connectivity index (χ2v) is 5.26. The van der Waals surface area contributed by atoms with Crippen LogP contribution in [-0.4, -0.2) is 20.9 Å². The Labute approximate surface area is 109 Å². The number of nitrogens with two attached hydrogens (primary N) is 1. The first-order valence-corrected chi connectivity index (χ1v) is 6.50. The van der Waals surface area contributed by atoms with Crippen molar-refractivity contribution in [1.82, 2.24) is 0 Å². The fraction of sp³-hybridized carbons (Fsp3) is 0.417. The molecule has 1 aromatic rings. The lowest BCUT2D eigenvalue weighted by atomic mass is 10.0. The summed E-state index contributed by atoms with van der Waals surface area (Å²) in [5, 5.41) is 9.13. The Kier molecular flexibility index (Phi) is 5.21. The van der Waals surface area contributed by atoms with Gasteiger partial charge in [0.2, 0.25) is 0 Å². The van der Waals surface area contributed by atoms with E-state index >= 15 is 0 Å². The standard InChI is InChI=1S/C12H16INO2/c1-2-10(13)12(16)11(14)7-8-3-5-9(15)6-4-8/h3-6,10-11,15H,2,7,14H2,1H3/t10-,11-/m0/s1. The van der Waals surface area contributed by atoms with Gasteiger partial charge in [0.1, 0.15) is 5.75 Å². The summed E-state index contributed by atoms with van der Waals surface area (Å²) in [6.45, 7) is 1.97. The van der Waals surface area contributed by atoms with E-state index in [-0.39, 0.29) is 15.5 Å². The molecule has 0 aliphatic carbocycles. The molecule has 0 unspecified atom stereocenters. The highest BCUT2D eigenvalue weighted by atomic mass is 127. The molecule has 0 aromatic heterocycles. The van der Waals surface area contributed by atoms with Crippen LogP contribution >= 0.6 is 22.6 Å². The summed E-state index contributed by atoms with van der Waals surface area (Å²) in [4.78, 5) is 11.8. The summed E-state index contributed by atoms with van der Waals surface area (Å²) in [5.74, 6) is 0.320. The lowest BCUT2D eigenvalue weighted by molar-refractivity contribution is -0.119. The lowest BCUT2D eigenvalue weighted by Crippen LogP contribution is -2.37. The number of phenolic OH excluding ortho intramolecular Hbond substituents is 1. The van der Waals surface area contributed by atoms with E-state index in [1.807, 2.05) is 6.92 Å². The first-order chi connectivity index (χ1) is 7.54. The summed E-state index contributed by atoms with van der Waals surface area (Å²) < 4.78 is -0.00952. The van der Waals surface area contributed by atoms with Crippen molar-refractivity contribution in [2.45, 2.75) is 29.7 Å². The number of alkyl halides is 1. The normalized spacial score (nSPS) is 14.4. The summed E-state index contributed by atoms with van der Waals surface area (Å²) >= 11 is 2.13. The van der Waals surface area contributed by atoms with Gasteiger partial charge in [-0.05, 0) is 30.5 Å². The van der Waals surface area contributed by atoms with Crippen molar-refractivity contribution in [1.29, 1.82) is 0 Å². The van der Waals surface area contributed by atoms with E-state index < -0.39 is 6.04 Å². The molecule has 0 bridgehead atoms. The van der Waals surface area contributed by atoms with Crippen molar-refractivity contribution in [2.24, 2.45) is 5.73 Å². The van der Waals surface area contributed by atoms with Gasteiger partial charge in [-0.3, -0.25) is 4.79 Å². The molecular weight excluding hydrogens is 317 g/mol. The maximum absolute atomic E-state index is 11.8. The average molecular weight is 333 g/mol. The van der Waals surface area contributed by atoms with E-state index in [4.69, 9.17) is 10.8 Å². The van der Waals surface area contributed by atoms with Crippen LogP contribution in [0.5, 0.6) is 5.75 Å². The molecule has 0 aliphatic heterocycles. The molecule has 0 amide bonds. The third-order valence-corrected chi connectivity index (χ3v) is 3.92. The predicted molar refractivity (Wildman–Crippen MR) is 72.9 cm³/mol. The van der Waals surface area contributed by atoms with Crippen LogP contribution in [0.2, 0.25) is 0 Å². The lowest BCUT2D eigenvalue weighted by Gasteiger charge is -2.13. The molecule has 0 radical (unpaired) electrons. The summed E-state index contributed by atoms with van der Waals surface area (Å²) in [7, 11) is 0. The zero-order valence-corrected chi connectivity index (χ0v) is 11.3. The van der Waals surface area contributed by atoms with Gasteiger partial charge in [-0.1, -0.05) is 41.6 Å².